The molecule has 1 rings (SSSR count). The van der Waals surface area contributed by atoms with E-state index in [2.05, 4.69) is 0 Å². The number of nitrogens with two attached hydrogens (primary N) is 1. The van der Waals surface area contributed by atoms with Gasteiger partial charge in [0.1, 0.15) is 0 Å². The van der Waals surface area contributed by atoms with Crippen LogP contribution in [0, 0.1) is 11.6 Å². The smallest absolute Gasteiger partial charge is 0.263 e. The highest BCUT2D eigenvalue weighted by Crippen LogP contribution is 2.29. The Morgan fingerprint density at radius 1 is 1.25 bits per heavy atom. The summed E-state index contributed by atoms with van der Waals surface area (Å²) in [6, 6.07) is 1.53. The van der Waals surface area contributed by atoms with Crippen molar-refractivity contribution in [1.82, 2.24) is 0 Å². The monoisotopic (exact) mass is 235 g/mol. The van der Waals surface area contributed by atoms with E-state index in [9.17, 15) is 17.6 Å². The van der Waals surface area contributed by atoms with Gasteiger partial charge in [-0.3, -0.25) is 0 Å². The molecule has 0 heterocycles. The lowest BCUT2D eigenvalue weighted by Gasteiger charge is -2.13. The first-order valence-electron chi connectivity index (χ1n) is 4.94. The van der Waals surface area contributed by atoms with Crippen molar-refractivity contribution in [2.75, 3.05) is 6.54 Å². The Morgan fingerprint density at radius 3 is 2.38 bits per heavy atom. The summed E-state index contributed by atoms with van der Waals surface area (Å²) >= 11 is 0. The van der Waals surface area contributed by atoms with Crippen molar-refractivity contribution in [2.45, 2.75) is 25.7 Å². The molecular weight excluding hydrogens is 222 g/mol. The molecule has 0 aliphatic heterocycles. The van der Waals surface area contributed by atoms with Gasteiger partial charge in [-0.15, -0.1) is 0 Å². The van der Waals surface area contributed by atoms with Crippen LogP contribution in [0.5, 0.6) is 0 Å². The molecule has 0 saturated heterocycles. The maximum Gasteiger partial charge on any atom is 0.263 e. The van der Waals surface area contributed by atoms with Gasteiger partial charge >= 0.3 is 0 Å². The summed E-state index contributed by atoms with van der Waals surface area (Å²) in [4.78, 5) is 0. The minimum atomic E-state index is -2.81. The number of halogens is 4. The standard InChI is InChI=1S/C11H13F4N/c1-6(2-3-16)8-4-7(11(14)15)5-9(12)10(8)13/h4-6,11H,2-3,16H2,1H3. The fourth-order valence-electron chi connectivity index (χ4n) is 1.52. The first-order valence-corrected chi connectivity index (χ1v) is 4.94. The van der Waals surface area contributed by atoms with Gasteiger partial charge in [-0.1, -0.05) is 6.92 Å². The van der Waals surface area contributed by atoms with Crippen LogP contribution in [0.3, 0.4) is 0 Å². The second kappa shape index (κ2) is 5.30. The minimum Gasteiger partial charge on any atom is -0.330 e. The Hall–Kier alpha value is -1.10. The quantitative estimate of drug-likeness (QED) is 0.796. The molecule has 0 radical (unpaired) electrons. The second-order valence-electron chi connectivity index (χ2n) is 3.69. The van der Waals surface area contributed by atoms with Gasteiger partial charge in [-0.05, 0) is 36.6 Å². The van der Waals surface area contributed by atoms with E-state index < -0.39 is 23.6 Å². The molecule has 2 N–H and O–H groups in total. The van der Waals surface area contributed by atoms with Gasteiger partial charge in [-0.2, -0.15) is 0 Å². The Balaban J connectivity index is 3.16. The predicted octanol–water partition coefficient (Wildman–Crippen LogP) is 3.35. The maximum atomic E-state index is 13.4. The SMILES string of the molecule is CC(CCN)c1cc(C(F)F)cc(F)c1F. The number of benzene rings is 1. The molecule has 0 aromatic heterocycles. The van der Waals surface area contributed by atoms with Crippen molar-refractivity contribution in [3.8, 4) is 0 Å². The Labute approximate surface area is 91.3 Å². The van der Waals surface area contributed by atoms with Crippen molar-refractivity contribution in [3.63, 3.8) is 0 Å². The number of rotatable bonds is 4. The minimum absolute atomic E-state index is 0.0410. The molecule has 90 valence electrons. The van der Waals surface area contributed by atoms with Crippen LogP contribution in [0.4, 0.5) is 17.6 Å². The Kier molecular flexibility index (Phi) is 4.29. The van der Waals surface area contributed by atoms with Crippen LogP contribution in [-0.4, -0.2) is 6.54 Å². The Bertz CT molecular complexity index is 365. The molecule has 1 atom stereocenters. The van der Waals surface area contributed by atoms with Crippen LogP contribution in [0.15, 0.2) is 12.1 Å². The lowest BCUT2D eigenvalue weighted by atomic mass is 9.95. The van der Waals surface area contributed by atoms with Crippen LogP contribution in [0.25, 0.3) is 0 Å². The molecular formula is C11H13F4N. The van der Waals surface area contributed by atoms with Gasteiger partial charge in [0.05, 0.1) is 0 Å². The fraction of sp³-hybridized carbons (Fsp3) is 0.455. The highest BCUT2D eigenvalue weighted by atomic mass is 19.3. The number of hydrogen-bond donors (Lipinski definition) is 1. The van der Waals surface area contributed by atoms with Crippen LogP contribution >= 0.6 is 0 Å². The molecule has 0 aliphatic rings. The molecule has 1 unspecified atom stereocenters. The fourth-order valence-corrected chi connectivity index (χ4v) is 1.52. The van der Waals surface area contributed by atoms with E-state index in [4.69, 9.17) is 5.73 Å². The predicted molar refractivity (Wildman–Crippen MR) is 53.4 cm³/mol. The van der Waals surface area contributed by atoms with Crippen molar-refractivity contribution in [3.05, 3.63) is 34.9 Å². The van der Waals surface area contributed by atoms with Crippen LogP contribution in [0.1, 0.15) is 36.8 Å². The summed E-state index contributed by atoms with van der Waals surface area (Å²) in [5.74, 6) is -2.68. The largest absolute Gasteiger partial charge is 0.330 e. The van der Waals surface area contributed by atoms with Gasteiger partial charge < -0.3 is 5.73 Å². The Morgan fingerprint density at radius 2 is 1.88 bits per heavy atom. The normalized spacial score (nSPS) is 13.2. The summed E-state index contributed by atoms with van der Waals surface area (Å²) in [5, 5.41) is 0. The summed E-state index contributed by atoms with van der Waals surface area (Å²) in [5.41, 5.74) is 4.75. The van der Waals surface area contributed by atoms with E-state index in [1.54, 1.807) is 6.92 Å². The van der Waals surface area contributed by atoms with E-state index in [1.165, 1.54) is 0 Å². The molecule has 0 amide bonds. The van der Waals surface area contributed by atoms with Gasteiger partial charge in [0.25, 0.3) is 6.43 Å². The van der Waals surface area contributed by atoms with E-state index in [1.807, 2.05) is 0 Å². The van der Waals surface area contributed by atoms with E-state index in [-0.39, 0.29) is 11.5 Å². The summed E-state index contributed by atoms with van der Waals surface area (Å²) in [6.07, 6.45) is -2.39. The number of hydrogen-bond acceptors (Lipinski definition) is 1. The molecule has 0 spiro atoms. The van der Waals surface area contributed by atoms with Crippen molar-refractivity contribution < 1.29 is 17.6 Å². The average molecular weight is 235 g/mol. The molecule has 16 heavy (non-hydrogen) atoms. The van der Waals surface area contributed by atoms with Gasteiger partial charge in [-0.25, -0.2) is 17.6 Å². The molecule has 1 aromatic carbocycles. The molecule has 0 aliphatic carbocycles. The first-order chi connectivity index (χ1) is 7.47. The van der Waals surface area contributed by atoms with Gasteiger partial charge in [0, 0.05) is 5.56 Å². The van der Waals surface area contributed by atoms with Crippen molar-refractivity contribution >= 4 is 0 Å². The summed E-state index contributed by atoms with van der Waals surface area (Å²) < 4.78 is 51.2. The van der Waals surface area contributed by atoms with Crippen molar-refractivity contribution in [1.29, 1.82) is 0 Å². The lowest BCUT2D eigenvalue weighted by Crippen LogP contribution is -2.08. The van der Waals surface area contributed by atoms with E-state index in [0.29, 0.717) is 19.0 Å². The number of alkyl halides is 2. The zero-order valence-electron chi connectivity index (χ0n) is 8.81. The molecule has 0 bridgehead atoms. The molecule has 0 fully saturated rings. The zero-order valence-corrected chi connectivity index (χ0v) is 8.81. The van der Waals surface area contributed by atoms with Crippen LogP contribution in [0.2, 0.25) is 0 Å². The summed E-state index contributed by atoms with van der Waals surface area (Å²) in [6.45, 7) is 1.92. The van der Waals surface area contributed by atoms with Crippen LogP contribution < -0.4 is 5.73 Å². The van der Waals surface area contributed by atoms with Crippen molar-refractivity contribution in [2.24, 2.45) is 5.73 Å². The lowest BCUT2D eigenvalue weighted by molar-refractivity contribution is 0.150. The third-order valence-electron chi connectivity index (χ3n) is 2.46. The topological polar surface area (TPSA) is 26.0 Å². The third-order valence-corrected chi connectivity index (χ3v) is 2.46. The van der Waals surface area contributed by atoms with Gasteiger partial charge in [0.15, 0.2) is 11.6 Å². The third kappa shape index (κ3) is 2.72. The second-order valence-corrected chi connectivity index (χ2v) is 3.69. The van der Waals surface area contributed by atoms with Crippen LogP contribution in [-0.2, 0) is 0 Å². The van der Waals surface area contributed by atoms with E-state index in [0.717, 1.165) is 6.07 Å². The highest BCUT2D eigenvalue weighted by molar-refractivity contribution is 5.29. The zero-order chi connectivity index (χ0) is 12.3. The molecule has 5 heteroatoms. The van der Waals surface area contributed by atoms with E-state index >= 15 is 0 Å². The molecule has 1 nitrogen and oxygen atoms in total. The highest BCUT2D eigenvalue weighted by Gasteiger charge is 2.19. The summed E-state index contributed by atoms with van der Waals surface area (Å²) in [7, 11) is 0. The average Bonchev–Trinajstić information content (AvgIpc) is 2.21. The first kappa shape index (κ1) is 13.0. The molecule has 1 aromatic rings. The molecule has 0 saturated carbocycles. The maximum absolute atomic E-state index is 13.4. The van der Waals surface area contributed by atoms with Gasteiger partial charge in [0.2, 0.25) is 0 Å².